The number of carbonyl (C=O) groups is 4. The van der Waals surface area contributed by atoms with Gasteiger partial charge < -0.3 is 24.9 Å². The highest BCUT2D eigenvalue weighted by atomic mass is 31.2. The van der Waals surface area contributed by atoms with E-state index in [4.69, 9.17) is 4.52 Å². The second-order valence-electron chi connectivity index (χ2n) is 8.47. The zero-order valence-electron chi connectivity index (χ0n) is 20.0. The van der Waals surface area contributed by atoms with Gasteiger partial charge in [-0.15, -0.1) is 0 Å². The number of ketones is 1. The molecule has 0 aliphatic rings. The molecular formula is C23H33FNO9P. The van der Waals surface area contributed by atoms with E-state index in [0.717, 1.165) is 12.1 Å². The number of Topliss-reactive ketones (excluding diaryl/α,β-unsaturated/α-hetero) is 1. The van der Waals surface area contributed by atoms with Gasteiger partial charge in [-0.05, 0) is 36.6 Å². The number of carbonyl (C=O) groups excluding carboxylic acids is 2. The van der Waals surface area contributed by atoms with Gasteiger partial charge in [0, 0.05) is 17.9 Å². The minimum Gasteiger partial charge on any atom is -0.481 e. The number of amides is 1. The Labute approximate surface area is 203 Å². The van der Waals surface area contributed by atoms with Crippen molar-refractivity contribution in [1.29, 1.82) is 0 Å². The van der Waals surface area contributed by atoms with E-state index in [2.05, 4.69) is 5.32 Å². The van der Waals surface area contributed by atoms with Crippen LogP contribution in [0.15, 0.2) is 24.3 Å². The molecule has 0 bridgehead atoms. The minimum atomic E-state index is -4.46. The molecule has 0 saturated heterocycles. The number of carboxylic acid groups (broad SMARTS) is 2. The molecule has 1 aromatic carbocycles. The Morgan fingerprint density at radius 3 is 2.17 bits per heavy atom. The van der Waals surface area contributed by atoms with Gasteiger partial charge in [0.15, 0.2) is 11.8 Å². The summed E-state index contributed by atoms with van der Waals surface area (Å²) in [5.74, 6) is -6.87. The topological polar surface area (TPSA) is 167 Å². The monoisotopic (exact) mass is 517 g/mol. The van der Waals surface area contributed by atoms with Crippen molar-refractivity contribution in [3.8, 4) is 0 Å². The van der Waals surface area contributed by atoms with Gasteiger partial charge in [-0.2, -0.15) is 0 Å². The molecule has 1 aromatic rings. The summed E-state index contributed by atoms with van der Waals surface area (Å²) in [4.78, 5) is 58.4. The van der Waals surface area contributed by atoms with Crippen LogP contribution < -0.4 is 5.32 Å². The van der Waals surface area contributed by atoms with E-state index in [1.54, 1.807) is 20.8 Å². The summed E-state index contributed by atoms with van der Waals surface area (Å²) in [5.41, 5.74) is 0.201. The third-order valence-corrected chi connectivity index (χ3v) is 7.19. The highest BCUT2D eigenvalue weighted by molar-refractivity contribution is 7.52. The number of rotatable bonds is 16. The lowest BCUT2D eigenvalue weighted by Crippen LogP contribution is -2.47. The predicted molar refractivity (Wildman–Crippen MR) is 125 cm³/mol. The van der Waals surface area contributed by atoms with E-state index < -0.39 is 67.7 Å². The van der Waals surface area contributed by atoms with Gasteiger partial charge in [0.1, 0.15) is 5.82 Å². The molecular weight excluding hydrogens is 484 g/mol. The molecule has 1 rings (SSSR count). The summed E-state index contributed by atoms with van der Waals surface area (Å²) in [6.45, 7) is 4.36. The maximum absolute atomic E-state index is 13.1. The molecule has 0 spiro atoms. The molecule has 0 heterocycles. The van der Waals surface area contributed by atoms with Crippen LogP contribution in [0.2, 0.25) is 0 Å². The van der Waals surface area contributed by atoms with E-state index in [0.29, 0.717) is 12.8 Å². The first kappa shape index (κ1) is 30.4. The standard InChI is InChI=1S/C23H33FNO9P/c1-4-6-16(22(28)29)13-35(32,33)34-12-19(23(30)31)25-21(27)18(14(3)5-2)11-20(26)15-7-9-17(24)10-8-15/h7-10,14,16,18-19H,4-6,11-13H2,1-3H3,(H,25,27)(H,28,29)(H,30,31)(H,32,33)/t14?,16?,18?,19-/m0/s1. The third-order valence-electron chi connectivity index (χ3n) is 5.73. The molecule has 0 saturated carbocycles. The van der Waals surface area contributed by atoms with Crippen LogP contribution in [-0.2, 0) is 23.5 Å². The van der Waals surface area contributed by atoms with Crippen LogP contribution in [0.4, 0.5) is 4.39 Å². The van der Waals surface area contributed by atoms with Crippen molar-refractivity contribution in [2.75, 3.05) is 12.8 Å². The Kier molecular flexibility index (Phi) is 12.2. The van der Waals surface area contributed by atoms with Crippen LogP contribution in [0.5, 0.6) is 0 Å². The summed E-state index contributed by atoms with van der Waals surface area (Å²) in [6.07, 6.45) is 0.149. The van der Waals surface area contributed by atoms with Gasteiger partial charge in [0.05, 0.1) is 18.7 Å². The highest BCUT2D eigenvalue weighted by Crippen LogP contribution is 2.44. The number of nitrogens with one attached hydrogen (secondary N) is 1. The largest absolute Gasteiger partial charge is 0.481 e. The number of hydrogen-bond donors (Lipinski definition) is 4. The van der Waals surface area contributed by atoms with Crippen molar-refractivity contribution in [1.82, 2.24) is 5.32 Å². The quantitative estimate of drug-likeness (QED) is 0.190. The second-order valence-corrected chi connectivity index (χ2v) is 10.4. The van der Waals surface area contributed by atoms with Gasteiger partial charge in [-0.25, -0.2) is 9.18 Å². The Morgan fingerprint density at radius 1 is 1.09 bits per heavy atom. The summed E-state index contributed by atoms with van der Waals surface area (Å²) < 4.78 is 30.3. The minimum absolute atomic E-state index is 0.140. The lowest BCUT2D eigenvalue weighted by Gasteiger charge is -2.25. The summed E-state index contributed by atoms with van der Waals surface area (Å²) in [7, 11) is -4.46. The lowest BCUT2D eigenvalue weighted by atomic mass is 9.85. The molecule has 35 heavy (non-hydrogen) atoms. The first-order valence-corrected chi connectivity index (χ1v) is 13.1. The molecule has 12 heteroatoms. The van der Waals surface area contributed by atoms with Gasteiger partial charge in [0.25, 0.3) is 0 Å². The van der Waals surface area contributed by atoms with Crippen LogP contribution in [0, 0.1) is 23.6 Å². The number of benzene rings is 1. The number of halogens is 1. The number of aliphatic carboxylic acids is 2. The SMILES string of the molecule is CCCC(CP(=O)(O)OC[C@H](NC(=O)C(CC(=O)c1ccc(F)cc1)C(C)CC)C(=O)O)C(=O)O. The zero-order chi connectivity index (χ0) is 26.8. The van der Waals surface area contributed by atoms with Crippen LogP contribution >= 0.6 is 7.60 Å². The van der Waals surface area contributed by atoms with Crippen LogP contribution in [-0.4, -0.2) is 57.5 Å². The van der Waals surface area contributed by atoms with Crippen molar-refractivity contribution in [2.45, 2.75) is 52.5 Å². The molecule has 4 unspecified atom stereocenters. The summed E-state index contributed by atoms with van der Waals surface area (Å²) in [5, 5.41) is 20.9. The second kappa shape index (κ2) is 14.1. The maximum Gasteiger partial charge on any atom is 0.329 e. The number of hydrogen-bond acceptors (Lipinski definition) is 6. The van der Waals surface area contributed by atoms with Crippen LogP contribution in [0.3, 0.4) is 0 Å². The third kappa shape index (κ3) is 10.3. The molecule has 0 aliphatic heterocycles. The van der Waals surface area contributed by atoms with Crippen molar-refractivity contribution in [3.63, 3.8) is 0 Å². The van der Waals surface area contributed by atoms with Crippen LogP contribution in [0.1, 0.15) is 56.8 Å². The van der Waals surface area contributed by atoms with Gasteiger partial charge >= 0.3 is 19.5 Å². The van der Waals surface area contributed by atoms with E-state index in [1.165, 1.54) is 12.1 Å². The normalized spacial score (nSPS) is 16.4. The Bertz CT molecular complexity index is 937. The Balaban J connectivity index is 2.91. The van der Waals surface area contributed by atoms with Crippen molar-refractivity contribution >= 4 is 31.2 Å². The van der Waals surface area contributed by atoms with E-state index in [-0.39, 0.29) is 24.3 Å². The fourth-order valence-corrected chi connectivity index (χ4v) is 4.79. The predicted octanol–water partition coefficient (Wildman–Crippen LogP) is 3.33. The molecule has 0 radical (unpaired) electrons. The molecule has 196 valence electrons. The first-order valence-electron chi connectivity index (χ1n) is 11.3. The fraction of sp³-hybridized carbons (Fsp3) is 0.565. The summed E-state index contributed by atoms with van der Waals surface area (Å²) in [6, 6.07) is 3.11. The Hall–Kier alpha value is -2.62. The molecule has 4 N–H and O–H groups in total. The average molecular weight is 517 g/mol. The van der Waals surface area contributed by atoms with Gasteiger partial charge in [0.2, 0.25) is 5.91 Å². The highest BCUT2D eigenvalue weighted by Gasteiger charge is 2.34. The fourth-order valence-electron chi connectivity index (χ4n) is 3.41. The zero-order valence-corrected chi connectivity index (χ0v) is 20.9. The van der Waals surface area contributed by atoms with Crippen molar-refractivity contribution < 1.29 is 47.8 Å². The molecule has 0 aliphatic carbocycles. The van der Waals surface area contributed by atoms with Crippen molar-refractivity contribution in [3.05, 3.63) is 35.6 Å². The average Bonchev–Trinajstić information content (AvgIpc) is 2.79. The first-order chi connectivity index (χ1) is 16.3. The summed E-state index contributed by atoms with van der Waals surface area (Å²) >= 11 is 0. The van der Waals surface area contributed by atoms with Crippen LogP contribution in [0.25, 0.3) is 0 Å². The smallest absolute Gasteiger partial charge is 0.329 e. The van der Waals surface area contributed by atoms with E-state index in [9.17, 15) is 43.2 Å². The molecule has 10 nitrogen and oxygen atoms in total. The van der Waals surface area contributed by atoms with Gasteiger partial charge in [-0.3, -0.25) is 18.9 Å². The molecule has 5 atom stereocenters. The van der Waals surface area contributed by atoms with Crippen molar-refractivity contribution in [2.24, 2.45) is 17.8 Å². The maximum atomic E-state index is 13.1. The molecule has 0 aromatic heterocycles. The Morgan fingerprint density at radius 2 is 1.69 bits per heavy atom. The lowest BCUT2D eigenvalue weighted by molar-refractivity contribution is -0.144. The molecule has 1 amide bonds. The van der Waals surface area contributed by atoms with Gasteiger partial charge in [-0.1, -0.05) is 33.6 Å². The number of carboxylic acids is 2. The van der Waals surface area contributed by atoms with E-state index >= 15 is 0 Å². The van der Waals surface area contributed by atoms with E-state index in [1.807, 2.05) is 0 Å². The molecule has 0 fully saturated rings.